The van der Waals surface area contributed by atoms with E-state index in [1.807, 2.05) is 38.1 Å². The number of aliphatic imine (C=N–C) groups is 1. The third-order valence-corrected chi connectivity index (χ3v) is 6.05. The van der Waals surface area contributed by atoms with Crippen LogP contribution in [0.2, 0.25) is 0 Å². The second kappa shape index (κ2) is 9.13. The van der Waals surface area contributed by atoms with Gasteiger partial charge in [-0.05, 0) is 57.2 Å². The van der Waals surface area contributed by atoms with Crippen LogP contribution in [0.15, 0.2) is 40.5 Å². The van der Waals surface area contributed by atoms with Crippen LogP contribution in [0.3, 0.4) is 0 Å². The predicted octanol–water partition coefficient (Wildman–Crippen LogP) is 3.99. The molecule has 1 aromatic rings. The molecule has 0 aromatic heterocycles. The van der Waals surface area contributed by atoms with E-state index in [1.54, 1.807) is 0 Å². The van der Waals surface area contributed by atoms with E-state index in [4.69, 9.17) is 14.2 Å². The van der Waals surface area contributed by atoms with Crippen molar-refractivity contribution in [3.05, 3.63) is 41.1 Å². The number of carbonyl (C=O) groups excluding carboxylic acids is 2. The summed E-state index contributed by atoms with van der Waals surface area (Å²) < 4.78 is 16.9. The van der Waals surface area contributed by atoms with E-state index in [0.717, 1.165) is 42.7 Å². The fraction of sp³-hybridized carbons (Fsp3) is 0.542. The van der Waals surface area contributed by atoms with Gasteiger partial charge in [-0.1, -0.05) is 12.1 Å². The van der Waals surface area contributed by atoms with E-state index in [0.29, 0.717) is 30.9 Å². The van der Waals surface area contributed by atoms with Gasteiger partial charge >= 0.3 is 5.97 Å². The molecule has 2 aliphatic heterocycles. The summed E-state index contributed by atoms with van der Waals surface area (Å²) in [6.07, 6.45) is 3.90. The SMILES string of the molecule is CCOc1cccc(C2C3=C(CCCC3=O)N=C(C)C2C(=O)OCC2CCCO2)c1. The van der Waals surface area contributed by atoms with Gasteiger partial charge in [-0.25, -0.2) is 0 Å². The van der Waals surface area contributed by atoms with Crippen molar-refractivity contribution >= 4 is 17.5 Å². The molecule has 0 spiro atoms. The van der Waals surface area contributed by atoms with E-state index >= 15 is 0 Å². The molecule has 1 aromatic carbocycles. The first kappa shape index (κ1) is 20.8. The van der Waals surface area contributed by atoms with Gasteiger partial charge in [-0.2, -0.15) is 0 Å². The Morgan fingerprint density at radius 3 is 2.90 bits per heavy atom. The summed E-state index contributed by atoms with van der Waals surface area (Å²) >= 11 is 0. The van der Waals surface area contributed by atoms with E-state index in [9.17, 15) is 9.59 Å². The Kier molecular flexibility index (Phi) is 6.32. The Morgan fingerprint density at radius 1 is 1.27 bits per heavy atom. The maximum Gasteiger partial charge on any atom is 0.315 e. The highest BCUT2D eigenvalue weighted by Crippen LogP contribution is 2.44. The van der Waals surface area contributed by atoms with Crippen LogP contribution in [-0.4, -0.2) is 43.4 Å². The van der Waals surface area contributed by atoms with Crippen LogP contribution in [0.5, 0.6) is 5.75 Å². The molecule has 6 nitrogen and oxygen atoms in total. The Labute approximate surface area is 177 Å². The van der Waals surface area contributed by atoms with Crippen LogP contribution in [-0.2, 0) is 19.1 Å². The molecule has 0 amide bonds. The molecular formula is C24H29NO5. The number of ether oxygens (including phenoxy) is 3. The molecule has 2 heterocycles. The van der Waals surface area contributed by atoms with Crippen LogP contribution in [0.25, 0.3) is 0 Å². The number of nitrogens with zero attached hydrogens (tertiary/aromatic N) is 1. The molecule has 3 unspecified atom stereocenters. The van der Waals surface area contributed by atoms with Gasteiger partial charge in [0.2, 0.25) is 0 Å². The van der Waals surface area contributed by atoms with Gasteiger partial charge in [0.15, 0.2) is 5.78 Å². The van der Waals surface area contributed by atoms with Crippen LogP contribution >= 0.6 is 0 Å². The number of allylic oxidation sites excluding steroid dienone is 2. The van der Waals surface area contributed by atoms with Crippen molar-refractivity contribution in [1.29, 1.82) is 0 Å². The lowest BCUT2D eigenvalue weighted by Crippen LogP contribution is -2.38. The second-order valence-corrected chi connectivity index (χ2v) is 8.12. The number of hydrogen-bond acceptors (Lipinski definition) is 6. The number of rotatable bonds is 6. The van der Waals surface area contributed by atoms with Crippen LogP contribution < -0.4 is 4.74 Å². The lowest BCUT2D eigenvalue weighted by Gasteiger charge is -2.34. The van der Waals surface area contributed by atoms with Gasteiger partial charge in [-0.15, -0.1) is 0 Å². The van der Waals surface area contributed by atoms with E-state index in [1.165, 1.54) is 0 Å². The molecule has 3 atom stereocenters. The highest BCUT2D eigenvalue weighted by molar-refractivity contribution is 6.08. The fourth-order valence-corrected chi connectivity index (χ4v) is 4.68. The minimum absolute atomic E-state index is 0.0411. The van der Waals surface area contributed by atoms with Crippen LogP contribution in [0.4, 0.5) is 0 Å². The van der Waals surface area contributed by atoms with Gasteiger partial charge in [-0.3, -0.25) is 14.6 Å². The summed E-state index contributed by atoms with van der Waals surface area (Å²) in [4.78, 5) is 30.8. The molecular weight excluding hydrogens is 382 g/mol. The quantitative estimate of drug-likeness (QED) is 0.662. The molecule has 3 aliphatic rings. The summed E-state index contributed by atoms with van der Waals surface area (Å²) in [6, 6.07) is 7.68. The van der Waals surface area contributed by atoms with Gasteiger partial charge in [0.25, 0.3) is 0 Å². The van der Waals surface area contributed by atoms with Crippen molar-refractivity contribution in [2.75, 3.05) is 19.8 Å². The molecule has 1 aliphatic carbocycles. The van der Waals surface area contributed by atoms with E-state index in [2.05, 4.69) is 4.99 Å². The Balaban J connectivity index is 1.68. The van der Waals surface area contributed by atoms with E-state index in [-0.39, 0.29) is 24.5 Å². The third-order valence-electron chi connectivity index (χ3n) is 6.05. The molecule has 6 heteroatoms. The number of Topliss-reactive ketones (excluding diaryl/α,β-unsaturated/α-hetero) is 1. The summed E-state index contributed by atoms with van der Waals surface area (Å²) in [5, 5.41) is 0. The predicted molar refractivity (Wildman–Crippen MR) is 113 cm³/mol. The Morgan fingerprint density at radius 2 is 2.13 bits per heavy atom. The molecule has 30 heavy (non-hydrogen) atoms. The monoisotopic (exact) mass is 411 g/mol. The number of benzene rings is 1. The Bertz CT molecular complexity index is 881. The van der Waals surface area contributed by atoms with Crippen molar-refractivity contribution in [3.8, 4) is 5.75 Å². The van der Waals surface area contributed by atoms with Crippen molar-refractivity contribution < 1.29 is 23.8 Å². The topological polar surface area (TPSA) is 74.2 Å². The van der Waals surface area contributed by atoms with Gasteiger partial charge in [0.1, 0.15) is 18.3 Å². The maximum atomic E-state index is 13.2. The highest BCUT2D eigenvalue weighted by Gasteiger charge is 2.43. The first-order valence-electron chi connectivity index (χ1n) is 10.9. The zero-order chi connectivity index (χ0) is 21.1. The maximum absolute atomic E-state index is 13.2. The zero-order valence-electron chi connectivity index (χ0n) is 17.7. The average Bonchev–Trinajstić information content (AvgIpc) is 3.25. The molecule has 0 radical (unpaired) electrons. The number of carbonyl (C=O) groups is 2. The summed E-state index contributed by atoms with van der Waals surface area (Å²) in [5.41, 5.74) is 3.07. The molecule has 160 valence electrons. The van der Waals surface area contributed by atoms with Crippen molar-refractivity contribution in [2.24, 2.45) is 10.9 Å². The summed E-state index contributed by atoms with van der Waals surface area (Å²) in [6.45, 7) is 5.30. The molecule has 0 saturated carbocycles. The lowest BCUT2D eigenvalue weighted by molar-refractivity contribution is -0.149. The third kappa shape index (κ3) is 4.19. The Hall–Kier alpha value is -2.47. The van der Waals surface area contributed by atoms with Crippen molar-refractivity contribution in [1.82, 2.24) is 0 Å². The lowest BCUT2D eigenvalue weighted by atomic mass is 9.71. The number of hydrogen-bond donors (Lipinski definition) is 0. The van der Waals surface area contributed by atoms with Crippen molar-refractivity contribution in [2.45, 2.75) is 58.0 Å². The van der Waals surface area contributed by atoms with Crippen LogP contribution in [0.1, 0.15) is 57.4 Å². The van der Waals surface area contributed by atoms with Gasteiger partial charge in [0, 0.05) is 35.9 Å². The standard InChI is InChI=1S/C24H29NO5/c1-3-28-17-8-4-7-16(13-17)22-21(24(27)30-14-18-9-6-12-29-18)15(2)25-19-10-5-11-20(26)23(19)22/h4,7-8,13,18,21-22H,3,5-6,9-12,14H2,1-2H3. The number of esters is 1. The molecule has 0 bridgehead atoms. The van der Waals surface area contributed by atoms with Crippen molar-refractivity contribution in [3.63, 3.8) is 0 Å². The number of ketones is 1. The van der Waals surface area contributed by atoms with E-state index < -0.39 is 11.8 Å². The first-order chi connectivity index (χ1) is 14.6. The summed E-state index contributed by atoms with van der Waals surface area (Å²) in [7, 11) is 0. The molecule has 1 saturated heterocycles. The highest BCUT2D eigenvalue weighted by atomic mass is 16.6. The largest absolute Gasteiger partial charge is 0.494 e. The minimum Gasteiger partial charge on any atom is -0.494 e. The smallest absolute Gasteiger partial charge is 0.315 e. The molecule has 0 N–H and O–H groups in total. The normalized spacial score (nSPS) is 26.3. The zero-order valence-corrected chi connectivity index (χ0v) is 17.7. The molecule has 1 fully saturated rings. The fourth-order valence-electron chi connectivity index (χ4n) is 4.68. The minimum atomic E-state index is -0.621. The van der Waals surface area contributed by atoms with Gasteiger partial charge < -0.3 is 14.2 Å². The summed E-state index contributed by atoms with van der Waals surface area (Å²) in [5.74, 6) is -0.557. The second-order valence-electron chi connectivity index (χ2n) is 8.12. The molecule has 4 rings (SSSR count). The van der Waals surface area contributed by atoms with Gasteiger partial charge in [0.05, 0.1) is 12.7 Å². The van der Waals surface area contributed by atoms with Crippen LogP contribution in [0, 0.1) is 5.92 Å². The average molecular weight is 411 g/mol. The first-order valence-corrected chi connectivity index (χ1v) is 10.9.